The van der Waals surface area contributed by atoms with Crippen LogP contribution in [0.3, 0.4) is 0 Å². The third kappa shape index (κ3) is 5.29. The maximum atomic E-state index is 13.1. The lowest BCUT2D eigenvalue weighted by molar-refractivity contribution is -0.125. The summed E-state index contributed by atoms with van der Waals surface area (Å²) in [6.07, 6.45) is 2.00. The highest BCUT2D eigenvalue weighted by Gasteiger charge is 2.20. The minimum atomic E-state index is -0.264. The lowest BCUT2D eigenvalue weighted by Gasteiger charge is -2.21. The van der Waals surface area contributed by atoms with E-state index in [4.69, 9.17) is 4.74 Å². The monoisotopic (exact) mass is 342 g/mol. The average molecular weight is 342 g/mol. The van der Waals surface area contributed by atoms with Crippen LogP contribution in [-0.2, 0) is 17.9 Å². The molecule has 2 aromatic carbocycles. The smallest absolute Gasteiger partial charge is 0.224 e. The maximum absolute atomic E-state index is 13.1. The van der Waals surface area contributed by atoms with E-state index in [1.807, 2.05) is 30.3 Å². The molecule has 4 nitrogen and oxygen atoms in total. The Hall–Kier alpha value is -2.40. The molecule has 0 aliphatic carbocycles. The minimum Gasteiger partial charge on any atom is -0.489 e. The van der Waals surface area contributed by atoms with Gasteiger partial charge in [0.05, 0.1) is 5.92 Å². The number of hydrogen-bond donors (Lipinski definition) is 2. The second kappa shape index (κ2) is 8.62. The van der Waals surface area contributed by atoms with Crippen LogP contribution in [0.4, 0.5) is 4.39 Å². The van der Waals surface area contributed by atoms with Gasteiger partial charge in [-0.1, -0.05) is 24.3 Å². The molecule has 1 saturated heterocycles. The molecule has 2 aromatic rings. The van der Waals surface area contributed by atoms with E-state index in [-0.39, 0.29) is 17.6 Å². The van der Waals surface area contributed by atoms with E-state index in [1.54, 1.807) is 6.07 Å². The van der Waals surface area contributed by atoms with E-state index in [2.05, 4.69) is 10.6 Å². The van der Waals surface area contributed by atoms with Crippen molar-refractivity contribution in [1.82, 2.24) is 10.6 Å². The Morgan fingerprint density at radius 1 is 1.20 bits per heavy atom. The van der Waals surface area contributed by atoms with Gasteiger partial charge in [0.1, 0.15) is 18.2 Å². The Balaban J connectivity index is 1.46. The number of nitrogens with one attached hydrogen (secondary N) is 2. The van der Waals surface area contributed by atoms with Gasteiger partial charge in [0.15, 0.2) is 0 Å². The SMILES string of the molecule is O=C(NCc1ccc(OCc2cccc(F)c2)cc1)C1CCCNC1. The van der Waals surface area contributed by atoms with Crippen LogP contribution in [0, 0.1) is 11.7 Å². The Labute approximate surface area is 147 Å². The summed E-state index contributed by atoms with van der Waals surface area (Å²) in [5, 5.41) is 6.24. The van der Waals surface area contributed by atoms with E-state index in [0.717, 1.165) is 42.8 Å². The maximum Gasteiger partial charge on any atom is 0.224 e. The quantitative estimate of drug-likeness (QED) is 0.848. The zero-order chi connectivity index (χ0) is 17.5. The summed E-state index contributed by atoms with van der Waals surface area (Å²) in [6.45, 7) is 2.60. The Bertz CT molecular complexity index is 697. The first-order chi connectivity index (χ1) is 12.2. The molecular formula is C20H23FN2O2. The molecule has 1 amide bonds. The lowest BCUT2D eigenvalue weighted by atomic mass is 9.99. The highest BCUT2D eigenvalue weighted by Crippen LogP contribution is 2.15. The molecule has 1 atom stereocenters. The third-order valence-corrected chi connectivity index (χ3v) is 4.35. The normalized spacial score (nSPS) is 17.1. The van der Waals surface area contributed by atoms with Gasteiger partial charge in [0.25, 0.3) is 0 Å². The molecule has 1 unspecified atom stereocenters. The Morgan fingerprint density at radius 3 is 2.76 bits per heavy atom. The molecule has 3 rings (SSSR count). The van der Waals surface area contributed by atoms with Crippen molar-refractivity contribution >= 4 is 5.91 Å². The van der Waals surface area contributed by atoms with Gasteiger partial charge in [-0.3, -0.25) is 4.79 Å². The molecule has 1 fully saturated rings. The molecule has 2 N–H and O–H groups in total. The number of piperidine rings is 1. The van der Waals surface area contributed by atoms with Gasteiger partial charge < -0.3 is 15.4 Å². The van der Waals surface area contributed by atoms with Gasteiger partial charge in [0.2, 0.25) is 5.91 Å². The van der Waals surface area contributed by atoms with Crippen molar-refractivity contribution in [2.75, 3.05) is 13.1 Å². The topological polar surface area (TPSA) is 50.4 Å². The number of carbonyl (C=O) groups excluding carboxylic acids is 1. The van der Waals surface area contributed by atoms with E-state index in [1.165, 1.54) is 12.1 Å². The van der Waals surface area contributed by atoms with Crippen LogP contribution in [0.5, 0.6) is 5.75 Å². The summed E-state index contributed by atoms with van der Waals surface area (Å²) in [7, 11) is 0. The molecule has 0 spiro atoms. The first-order valence-corrected chi connectivity index (χ1v) is 8.65. The fraction of sp³-hybridized carbons (Fsp3) is 0.350. The van der Waals surface area contributed by atoms with Crippen molar-refractivity contribution in [2.24, 2.45) is 5.92 Å². The largest absolute Gasteiger partial charge is 0.489 e. The fourth-order valence-corrected chi connectivity index (χ4v) is 2.91. The lowest BCUT2D eigenvalue weighted by Crippen LogP contribution is -2.40. The summed E-state index contributed by atoms with van der Waals surface area (Å²) >= 11 is 0. The number of amides is 1. The molecule has 132 valence electrons. The van der Waals surface area contributed by atoms with Crippen molar-refractivity contribution in [3.05, 3.63) is 65.5 Å². The first-order valence-electron chi connectivity index (χ1n) is 8.65. The first kappa shape index (κ1) is 17.4. The van der Waals surface area contributed by atoms with Crippen LogP contribution in [-0.4, -0.2) is 19.0 Å². The number of hydrogen-bond acceptors (Lipinski definition) is 3. The summed E-state index contributed by atoms with van der Waals surface area (Å²) in [4.78, 5) is 12.1. The Morgan fingerprint density at radius 2 is 2.04 bits per heavy atom. The predicted molar refractivity (Wildman–Crippen MR) is 94.6 cm³/mol. The summed E-state index contributed by atoms with van der Waals surface area (Å²) in [5.74, 6) is 0.637. The minimum absolute atomic E-state index is 0.0719. The second-order valence-corrected chi connectivity index (χ2v) is 6.32. The van der Waals surface area contributed by atoms with Gasteiger partial charge in [-0.15, -0.1) is 0 Å². The Kier molecular flexibility index (Phi) is 6.01. The van der Waals surface area contributed by atoms with Crippen LogP contribution < -0.4 is 15.4 Å². The molecule has 0 radical (unpaired) electrons. The summed E-state index contributed by atoms with van der Waals surface area (Å²) < 4.78 is 18.8. The van der Waals surface area contributed by atoms with Gasteiger partial charge >= 0.3 is 0 Å². The van der Waals surface area contributed by atoms with Crippen LogP contribution in [0.2, 0.25) is 0 Å². The predicted octanol–water partition coefficient (Wildman–Crippen LogP) is 3.02. The fourth-order valence-electron chi connectivity index (χ4n) is 2.91. The molecule has 0 saturated carbocycles. The zero-order valence-corrected chi connectivity index (χ0v) is 14.1. The number of ether oxygens (including phenoxy) is 1. The standard InChI is InChI=1S/C20H23FN2O2/c21-18-5-1-3-16(11-18)14-25-19-8-6-15(7-9-19)12-23-20(24)17-4-2-10-22-13-17/h1,3,5-9,11,17,22H,2,4,10,12-14H2,(H,23,24). The molecule has 5 heteroatoms. The van der Waals surface area contributed by atoms with Crippen LogP contribution >= 0.6 is 0 Å². The van der Waals surface area contributed by atoms with Crippen LogP contribution in [0.15, 0.2) is 48.5 Å². The van der Waals surface area contributed by atoms with E-state index < -0.39 is 0 Å². The van der Waals surface area contributed by atoms with Crippen LogP contribution in [0.25, 0.3) is 0 Å². The van der Waals surface area contributed by atoms with E-state index in [0.29, 0.717) is 13.2 Å². The molecule has 0 bridgehead atoms. The molecule has 0 aromatic heterocycles. The number of halogens is 1. The highest BCUT2D eigenvalue weighted by molar-refractivity contribution is 5.78. The van der Waals surface area contributed by atoms with Crippen molar-refractivity contribution < 1.29 is 13.9 Å². The third-order valence-electron chi connectivity index (χ3n) is 4.35. The number of carbonyl (C=O) groups is 1. The molecular weight excluding hydrogens is 319 g/mol. The number of rotatable bonds is 6. The van der Waals surface area contributed by atoms with Gasteiger partial charge in [-0.05, 0) is 54.8 Å². The van der Waals surface area contributed by atoms with Crippen molar-refractivity contribution in [1.29, 1.82) is 0 Å². The van der Waals surface area contributed by atoms with E-state index in [9.17, 15) is 9.18 Å². The molecule has 25 heavy (non-hydrogen) atoms. The van der Waals surface area contributed by atoms with Gasteiger partial charge in [-0.2, -0.15) is 0 Å². The number of benzene rings is 2. The van der Waals surface area contributed by atoms with Gasteiger partial charge in [0, 0.05) is 13.1 Å². The van der Waals surface area contributed by atoms with Gasteiger partial charge in [-0.25, -0.2) is 4.39 Å². The van der Waals surface area contributed by atoms with Crippen LogP contribution in [0.1, 0.15) is 24.0 Å². The zero-order valence-electron chi connectivity index (χ0n) is 14.1. The summed E-state index contributed by atoms with van der Waals surface area (Å²) in [6, 6.07) is 14.0. The van der Waals surface area contributed by atoms with Crippen molar-refractivity contribution in [2.45, 2.75) is 26.0 Å². The van der Waals surface area contributed by atoms with Crippen molar-refractivity contribution in [3.63, 3.8) is 0 Å². The molecule has 1 aliphatic heterocycles. The molecule has 1 heterocycles. The highest BCUT2D eigenvalue weighted by atomic mass is 19.1. The molecule has 1 aliphatic rings. The van der Waals surface area contributed by atoms with Crippen molar-refractivity contribution in [3.8, 4) is 5.75 Å². The second-order valence-electron chi connectivity index (χ2n) is 6.32. The van der Waals surface area contributed by atoms with E-state index >= 15 is 0 Å². The summed E-state index contributed by atoms with van der Waals surface area (Å²) in [5.41, 5.74) is 1.81. The average Bonchev–Trinajstić information content (AvgIpc) is 2.66.